The number of fused-ring (bicyclic) bond motifs is 12. The first-order valence-electron chi connectivity index (χ1n) is 14.3. The summed E-state index contributed by atoms with van der Waals surface area (Å²) in [5.41, 5.74) is 5.24. The lowest BCUT2D eigenvalue weighted by atomic mass is 10.0. The van der Waals surface area contributed by atoms with E-state index in [-0.39, 0.29) is 0 Å². The summed E-state index contributed by atoms with van der Waals surface area (Å²) in [4.78, 5) is 10.7. The van der Waals surface area contributed by atoms with E-state index in [1.807, 2.05) is 22.7 Å². The molecule has 4 aromatic heterocycles. The minimum absolute atomic E-state index is 0.692. The van der Waals surface area contributed by atoms with Gasteiger partial charge < -0.3 is 0 Å². The monoisotopic (exact) mass is 583 g/mol. The van der Waals surface area contributed by atoms with Crippen LogP contribution in [0.4, 0.5) is 0 Å². The summed E-state index contributed by atoms with van der Waals surface area (Å²) < 4.78 is 7.69. The molecule has 0 bridgehead atoms. The Bertz CT molecular complexity index is 2730. The molecule has 3 nitrogen and oxygen atoms in total. The molecule has 6 aromatic carbocycles. The maximum Gasteiger partial charge on any atom is 0.235 e. The first-order valence-corrected chi connectivity index (χ1v) is 16.0. The van der Waals surface area contributed by atoms with Gasteiger partial charge in [0.15, 0.2) is 0 Å². The van der Waals surface area contributed by atoms with Gasteiger partial charge in [-0.1, -0.05) is 97.1 Å². The summed E-state index contributed by atoms with van der Waals surface area (Å²) in [7, 11) is 0. The van der Waals surface area contributed by atoms with E-state index in [1.54, 1.807) is 0 Å². The molecule has 0 spiro atoms. The summed E-state index contributed by atoms with van der Waals surface area (Å²) in [6, 6.07) is 45.4. The van der Waals surface area contributed by atoms with Crippen LogP contribution in [0.3, 0.4) is 0 Å². The smallest absolute Gasteiger partial charge is 0.235 e. The number of hydrogen-bond donors (Lipinski definition) is 0. The second kappa shape index (κ2) is 8.71. The van der Waals surface area contributed by atoms with E-state index < -0.39 is 0 Å². The van der Waals surface area contributed by atoms with Gasteiger partial charge in [0.25, 0.3) is 0 Å². The molecule has 0 radical (unpaired) electrons. The Morgan fingerprint density at radius 2 is 1.19 bits per heavy atom. The van der Waals surface area contributed by atoms with Crippen molar-refractivity contribution in [2.24, 2.45) is 0 Å². The summed E-state index contributed by atoms with van der Waals surface area (Å²) in [6.07, 6.45) is 0. The normalized spacial score (nSPS) is 12.2. The molecule has 0 fully saturated rings. The number of thiophene rings is 2. The Kier molecular flexibility index (Phi) is 4.75. The molecule has 5 heteroatoms. The van der Waals surface area contributed by atoms with Crippen LogP contribution in [-0.4, -0.2) is 14.5 Å². The van der Waals surface area contributed by atoms with Crippen LogP contribution < -0.4 is 0 Å². The van der Waals surface area contributed by atoms with Gasteiger partial charge in [0.05, 0.1) is 31.6 Å². The number of benzene rings is 6. The first-order chi connectivity index (χ1) is 21.3. The van der Waals surface area contributed by atoms with Crippen molar-refractivity contribution in [3.63, 3.8) is 0 Å². The quantitative estimate of drug-likeness (QED) is 0.190. The van der Waals surface area contributed by atoms with Gasteiger partial charge in [-0.25, -0.2) is 9.97 Å². The van der Waals surface area contributed by atoms with Crippen molar-refractivity contribution in [2.75, 3.05) is 0 Å². The maximum atomic E-state index is 5.34. The van der Waals surface area contributed by atoms with Crippen LogP contribution in [0, 0.1) is 0 Å². The minimum Gasteiger partial charge on any atom is -0.278 e. The molecule has 0 unspecified atom stereocenters. The SMILES string of the molecule is c1ccc(-c2nc(-n3c4ccccc4c4c5sc6c7ccccc7sc6c5ccc43)nc3c2ccc2ccccc23)cc1. The summed E-state index contributed by atoms with van der Waals surface area (Å²) in [6.45, 7) is 0. The van der Waals surface area contributed by atoms with Crippen molar-refractivity contribution in [2.45, 2.75) is 0 Å². The van der Waals surface area contributed by atoms with E-state index in [4.69, 9.17) is 9.97 Å². The van der Waals surface area contributed by atoms with Gasteiger partial charge in [-0.15, -0.1) is 22.7 Å². The Balaban J connectivity index is 1.36. The van der Waals surface area contributed by atoms with Crippen LogP contribution in [0.15, 0.2) is 127 Å². The zero-order valence-electron chi connectivity index (χ0n) is 22.8. The standard InChI is InChI=1S/C38H21N3S2/c1-2-11-23(12-3-1)33-27-19-18-22-10-4-5-13-24(22)34(27)40-38(39-33)41-29-16-8-6-14-25(29)32-30(41)21-20-28-35(32)43-36-26-15-7-9-17-31(26)42-37(28)36/h1-21H. The summed E-state index contributed by atoms with van der Waals surface area (Å²) in [5.74, 6) is 0.692. The second-order valence-electron chi connectivity index (χ2n) is 11.0. The van der Waals surface area contributed by atoms with Gasteiger partial charge >= 0.3 is 0 Å². The van der Waals surface area contributed by atoms with Gasteiger partial charge in [0.1, 0.15) is 0 Å². The molecule has 0 aliphatic carbocycles. The van der Waals surface area contributed by atoms with Crippen LogP contribution in [0.5, 0.6) is 0 Å². The van der Waals surface area contributed by atoms with Gasteiger partial charge in [0, 0.05) is 47.3 Å². The molecular formula is C38H21N3S2. The summed E-state index contributed by atoms with van der Waals surface area (Å²) in [5, 5.41) is 8.53. The third kappa shape index (κ3) is 3.23. The average molecular weight is 584 g/mol. The lowest BCUT2D eigenvalue weighted by Gasteiger charge is -2.13. The first kappa shape index (κ1) is 23.5. The lowest BCUT2D eigenvalue weighted by molar-refractivity contribution is 1.02. The van der Waals surface area contributed by atoms with E-state index >= 15 is 0 Å². The third-order valence-electron chi connectivity index (χ3n) is 8.62. The van der Waals surface area contributed by atoms with Crippen molar-refractivity contribution >= 4 is 95.7 Å². The topological polar surface area (TPSA) is 30.7 Å². The highest BCUT2D eigenvalue weighted by Gasteiger charge is 2.22. The highest BCUT2D eigenvalue weighted by atomic mass is 32.1. The molecule has 0 amide bonds. The fraction of sp³-hybridized carbons (Fsp3) is 0. The fourth-order valence-corrected chi connectivity index (χ4v) is 9.50. The largest absolute Gasteiger partial charge is 0.278 e. The Hall–Kier alpha value is -5.10. The molecule has 0 saturated carbocycles. The highest BCUT2D eigenvalue weighted by molar-refractivity contribution is 7.37. The molecule has 10 aromatic rings. The summed E-state index contributed by atoms with van der Waals surface area (Å²) >= 11 is 3.81. The van der Waals surface area contributed by atoms with Crippen molar-refractivity contribution < 1.29 is 0 Å². The number of hydrogen-bond acceptors (Lipinski definition) is 4. The molecule has 4 heterocycles. The minimum atomic E-state index is 0.692. The van der Waals surface area contributed by atoms with E-state index in [0.29, 0.717) is 5.95 Å². The zero-order valence-corrected chi connectivity index (χ0v) is 24.4. The Morgan fingerprint density at radius 1 is 0.465 bits per heavy atom. The predicted octanol–water partition coefficient (Wildman–Crippen LogP) is 11.1. The molecule has 0 N–H and O–H groups in total. The maximum absolute atomic E-state index is 5.34. The van der Waals surface area contributed by atoms with Crippen molar-refractivity contribution in [3.8, 4) is 17.2 Å². The fourth-order valence-electron chi connectivity index (χ4n) is 6.70. The van der Waals surface area contributed by atoms with Crippen LogP contribution >= 0.6 is 22.7 Å². The average Bonchev–Trinajstić information content (AvgIpc) is 3.72. The van der Waals surface area contributed by atoms with Crippen LogP contribution in [0.25, 0.3) is 90.3 Å². The predicted molar refractivity (Wildman–Crippen MR) is 185 cm³/mol. The van der Waals surface area contributed by atoms with Gasteiger partial charge in [-0.05, 0) is 35.7 Å². The zero-order chi connectivity index (χ0) is 28.1. The lowest BCUT2D eigenvalue weighted by Crippen LogP contribution is -2.03. The molecule has 10 rings (SSSR count). The van der Waals surface area contributed by atoms with Crippen molar-refractivity contribution in [1.82, 2.24) is 14.5 Å². The number of para-hydroxylation sites is 1. The molecule has 0 aliphatic rings. The van der Waals surface area contributed by atoms with Gasteiger partial charge in [0.2, 0.25) is 5.95 Å². The van der Waals surface area contributed by atoms with E-state index in [1.165, 1.54) is 45.7 Å². The number of nitrogens with zero attached hydrogens (tertiary/aromatic N) is 3. The Labute approximate surface area is 253 Å². The van der Waals surface area contributed by atoms with Crippen molar-refractivity contribution in [3.05, 3.63) is 127 Å². The van der Waals surface area contributed by atoms with Gasteiger partial charge in [-0.2, -0.15) is 0 Å². The highest BCUT2D eigenvalue weighted by Crippen LogP contribution is 2.48. The molecule has 0 atom stereocenters. The van der Waals surface area contributed by atoms with Gasteiger partial charge in [-0.3, -0.25) is 4.57 Å². The van der Waals surface area contributed by atoms with Crippen LogP contribution in [0.1, 0.15) is 0 Å². The van der Waals surface area contributed by atoms with Crippen LogP contribution in [0.2, 0.25) is 0 Å². The molecule has 200 valence electrons. The molecule has 0 saturated heterocycles. The number of aromatic nitrogens is 3. The molecular weight excluding hydrogens is 563 g/mol. The van der Waals surface area contributed by atoms with Crippen molar-refractivity contribution in [1.29, 1.82) is 0 Å². The molecule has 0 aliphatic heterocycles. The van der Waals surface area contributed by atoms with E-state index in [9.17, 15) is 0 Å². The van der Waals surface area contributed by atoms with Crippen LogP contribution in [-0.2, 0) is 0 Å². The molecule has 43 heavy (non-hydrogen) atoms. The number of rotatable bonds is 2. The van der Waals surface area contributed by atoms with E-state index in [2.05, 4.69) is 132 Å². The Morgan fingerprint density at radius 3 is 2.09 bits per heavy atom. The van der Waals surface area contributed by atoms with E-state index in [0.717, 1.165) is 38.6 Å². The third-order valence-corrected chi connectivity index (χ3v) is 11.2. The second-order valence-corrected chi connectivity index (χ2v) is 13.0.